The highest BCUT2D eigenvalue weighted by Gasteiger charge is 2.23. The molecule has 0 radical (unpaired) electrons. The molecule has 0 aliphatic carbocycles. The van der Waals surface area contributed by atoms with Gasteiger partial charge in [0.15, 0.2) is 10.8 Å². The number of benzene rings is 1. The van der Waals surface area contributed by atoms with Crippen molar-refractivity contribution in [2.45, 2.75) is 26.8 Å². The lowest BCUT2D eigenvalue weighted by atomic mass is 10.2. The van der Waals surface area contributed by atoms with Crippen molar-refractivity contribution in [1.82, 2.24) is 24.9 Å². The van der Waals surface area contributed by atoms with E-state index < -0.39 is 10.8 Å². The van der Waals surface area contributed by atoms with Gasteiger partial charge in [-0.2, -0.15) is 0 Å². The maximum Gasteiger partial charge on any atom is 0.279 e. The standard InChI is InChI=1S/C18H19N7O3S/c1-3-23-8-7-14-15(10-23)29-18(19-14)20-17(26)16-11(2)24(22-21-16)12-5-4-6-13(9-12)25(27)28/h4-6,9H,3,7-8,10H2,1-2H3,(H,19,20,26). The van der Waals surface area contributed by atoms with Crippen molar-refractivity contribution < 1.29 is 9.72 Å². The number of nitro benzene ring substituents is 1. The number of amides is 1. The molecule has 3 heterocycles. The molecule has 2 aromatic heterocycles. The fourth-order valence-corrected chi connectivity index (χ4v) is 4.30. The fourth-order valence-electron chi connectivity index (χ4n) is 3.25. The Hall–Kier alpha value is -3.18. The average Bonchev–Trinajstić information content (AvgIpc) is 3.29. The Bertz CT molecular complexity index is 1090. The number of nitro groups is 1. The van der Waals surface area contributed by atoms with Crippen molar-refractivity contribution >= 4 is 28.1 Å². The minimum Gasteiger partial charge on any atom is -0.298 e. The zero-order valence-corrected chi connectivity index (χ0v) is 16.8. The first-order valence-electron chi connectivity index (χ1n) is 9.15. The molecule has 0 spiro atoms. The molecule has 4 rings (SSSR count). The molecule has 0 saturated heterocycles. The Morgan fingerprint density at radius 2 is 2.24 bits per heavy atom. The smallest absolute Gasteiger partial charge is 0.279 e. The van der Waals surface area contributed by atoms with Gasteiger partial charge in [-0.25, -0.2) is 9.67 Å². The molecule has 0 atom stereocenters. The van der Waals surface area contributed by atoms with E-state index in [1.165, 1.54) is 33.0 Å². The summed E-state index contributed by atoms with van der Waals surface area (Å²) < 4.78 is 1.41. The Balaban J connectivity index is 1.54. The van der Waals surface area contributed by atoms with Crippen LogP contribution >= 0.6 is 11.3 Å². The van der Waals surface area contributed by atoms with Crippen molar-refractivity contribution in [3.05, 3.63) is 56.3 Å². The minimum atomic E-state index is -0.479. The summed E-state index contributed by atoms with van der Waals surface area (Å²) in [4.78, 5) is 31.3. The van der Waals surface area contributed by atoms with Crippen LogP contribution in [0.3, 0.4) is 0 Å². The molecule has 11 heteroatoms. The number of carbonyl (C=O) groups excluding carboxylic acids is 1. The summed E-state index contributed by atoms with van der Waals surface area (Å²) in [6.45, 7) is 6.62. The number of hydrogen-bond acceptors (Lipinski definition) is 8. The lowest BCUT2D eigenvalue weighted by Gasteiger charge is -2.23. The van der Waals surface area contributed by atoms with E-state index in [2.05, 4.69) is 32.4 Å². The minimum absolute atomic E-state index is 0.0575. The first kappa shape index (κ1) is 19.2. The molecule has 3 aromatic rings. The molecule has 0 saturated carbocycles. The van der Waals surface area contributed by atoms with Gasteiger partial charge in [0.05, 0.1) is 22.0 Å². The zero-order valence-electron chi connectivity index (χ0n) is 16.0. The van der Waals surface area contributed by atoms with Gasteiger partial charge in [-0.1, -0.05) is 18.2 Å². The second-order valence-electron chi connectivity index (χ2n) is 6.67. The predicted molar refractivity (Wildman–Crippen MR) is 107 cm³/mol. The summed E-state index contributed by atoms with van der Waals surface area (Å²) in [7, 11) is 0. The van der Waals surface area contributed by atoms with Crippen LogP contribution in [0, 0.1) is 17.0 Å². The number of thiazole rings is 1. The van der Waals surface area contributed by atoms with Crippen LogP contribution in [0.25, 0.3) is 5.69 Å². The number of anilines is 1. The molecular formula is C18H19N7O3S. The largest absolute Gasteiger partial charge is 0.298 e. The number of hydrogen-bond donors (Lipinski definition) is 1. The van der Waals surface area contributed by atoms with Gasteiger partial charge in [-0.05, 0) is 19.5 Å². The number of aromatic nitrogens is 4. The van der Waals surface area contributed by atoms with Crippen LogP contribution in [0.5, 0.6) is 0 Å². The van der Waals surface area contributed by atoms with Gasteiger partial charge in [0.2, 0.25) is 0 Å². The molecule has 0 fully saturated rings. The van der Waals surface area contributed by atoms with Crippen molar-refractivity contribution in [2.24, 2.45) is 0 Å². The summed E-state index contributed by atoms with van der Waals surface area (Å²) in [5.74, 6) is -0.405. The quantitative estimate of drug-likeness (QED) is 0.504. The van der Waals surface area contributed by atoms with Crippen molar-refractivity contribution in [2.75, 3.05) is 18.4 Å². The normalized spacial score (nSPS) is 13.9. The van der Waals surface area contributed by atoms with Gasteiger partial charge in [0, 0.05) is 36.5 Å². The molecule has 29 heavy (non-hydrogen) atoms. The number of rotatable bonds is 5. The van der Waals surface area contributed by atoms with Gasteiger partial charge in [0.25, 0.3) is 11.6 Å². The third kappa shape index (κ3) is 3.74. The van der Waals surface area contributed by atoms with Crippen LogP contribution in [-0.2, 0) is 13.0 Å². The molecule has 1 aliphatic heterocycles. The van der Waals surface area contributed by atoms with Crippen molar-refractivity contribution in [1.29, 1.82) is 0 Å². The fraction of sp³-hybridized carbons (Fsp3) is 0.333. The van der Waals surface area contributed by atoms with E-state index in [0.29, 0.717) is 16.5 Å². The number of likely N-dealkylation sites (N-methyl/N-ethyl adjacent to an activating group) is 1. The van der Waals surface area contributed by atoms with Crippen molar-refractivity contribution in [3.63, 3.8) is 0 Å². The summed E-state index contributed by atoms with van der Waals surface area (Å²) in [6, 6.07) is 6.02. The van der Waals surface area contributed by atoms with E-state index >= 15 is 0 Å². The second kappa shape index (κ2) is 7.68. The first-order valence-corrected chi connectivity index (χ1v) is 9.97. The van der Waals surface area contributed by atoms with Gasteiger partial charge >= 0.3 is 0 Å². The number of carbonyl (C=O) groups is 1. The van der Waals surface area contributed by atoms with E-state index in [4.69, 9.17) is 0 Å². The van der Waals surface area contributed by atoms with Gasteiger partial charge < -0.3 is 0 Å². The Morgan fingerprint density at radius 1 is 1.41 bits per heavy atom. The maximum atomic E-state index is 12.7. The molecule has 1 amide bonds. The van der Waals surface area contributed by atoms with Crippen LogP contribution < -0.4 is 5.32 Å². The molecular weight excluding hydrogens is 394 g/mol. The molecule has 1 aliphatic rings. The van der Waals surface area contributed by atoms with Crippen LogP contribution in [0.15, 0.2) is 24.3 Å². The van der Waals surface area contributed by atoms with Gasteiger partial charge in [0.1, 0.15) is 0 Å². The third-order valence-electron chi connectivity index (χ3n) is 4.87. The Labute approximate surface area is 170 Å². The van der Waals surface area contributed by atoms with Crippen molar-refractivity contribution in [3.8, 4) is 5.69 Å². The number of nitrogens with zero attached hydrogens (tertiary/aromatic N) is 6. The molecule has 1 aromatic carbocycles. The van der Waals surface area contributed by atoms with E-state index in [0.717, 1.165) is 31.7 Å². The summed E-state index contributed by atoms with van der Waals surface area (Å²) >= 11 is 1.48. The Kier molecular flexibility index (Phi) is 5.07. The summed E-state index contributed by atoms with van der Waals surface area (Å²) in [6.07, 6.45) is 0.873. The van der Waals surface area contributed by atoms with Crippen LogP contribution in [0.2, 0.25) is 0 Å². The van der Waals surface area contributed by atoms with Gasteiger partial charge in [-0.3, -0.25) is 25.1 Å². The SMILES string of the molecule is CCN1CCc2nc(NC(=O)c3nnn(-c4cccc([N+](=O)[O-])c4)c3C)sc2C1. The summed E-state index contributed by atoms with van der Waals surface area (Å²) in [5, 5.41) is 22.3. The van der Waals surface area contributed by atoms with E-state index in [-0.39, 0.29) is 11.4 Å². The van der Waals surface area contributed by atoms with E-state index in [1.54, 1.807) is 19.1 Å². The molecule has 0 bridgehead atoms. The van der Waals surface area contributed by atoms with E-state index in [1.807, 2.05) is 0 Å². The predicted octanol–water partition coefficient (Wildman–Crippen LogP) is 2.57. The number of nitrogens with one attached hydrogen (secondary N) is 1. The highest BCUT2D eigenvalue weighted by Crippen LogP contribution is 2.28. The monoisotopic (exact) mass is 413 g/mol. The second-order valence-corrected chi connectivity index (χ2v) is 7.76. The van der Waals surface area contributed by atoms with Crippen LogP contribution in [0.4, 0.5) is 10.8 Å². The first-order chi connectivity index (χ1) is 14.0. The summed E-state index contributed by atoms with van der Waals surface area (Å²) in [5.41, 5.74) is 2.08. The Morgan fingerprint density at radius 3 is 3.00 bits per heavy atom. The third-order valence-corrected chi connectivity index (χ3v) is 5.87. The average molecular weight is 413 g/mol. The molecule has 150 valence electrons. The highest BCUT2D eigenvalue weighted by molar-refractivity contribution is 7.15. The van der Waals surface area contributed by atoms with Gasteiger partial charge in [-0.15, -0.1) is 16.4 Å². The zero-order chi connectivity index (χ0) is 20.5. The highest BCUT2D eigenvalue weighted by atomic mass is 32.1. The number of non-ortho nitro benzene ring substituents is 1. The lowest BCUT2D eigenvalue weighted by Crippen LogP contribution is -2.29. The van der Waals surface area contributed by atoms with Crippen LogP contribution in [-0.4, -0.2) is 48.8 Å². The van der Waals surface area contributed by atoms with E-state index in [9.17, 15) is 14.9 Å². The molecule has 0 unspecified atom stereocenters. The topological polar surface area (TPSA) is 119 Å². The molecule has 1 N–H and O–H groups in total. The van der Waals surface area contributed by atoms with Crippen LogP contribution in [0.1, 0.15) is 33.7 Å². The lowest BCUT2D eigenvalue weighted by molar-refractivity contribution is -0.384. The maximum absolute atomic E-state index is 12.7. The number of fused-ring (bicyclic) bond motifs is 1. The molecule has 10 nitrogen and oxygen atoms in total.